The van der Waals surface area contributed by atoms with E-state index in [0.717, 1.165) is 23.6 Å². The van der Waals surface area contributed by atoms with Crippen LogP contribution in [0.4, 0.5) is 0 Å². The van der Waals surface area contributed by atoms with E-state index in [9.17, 15) is 0 Å². The van der Waals surface area contributed by atoms with Crippen LogP contribution >= 0.6 is 23.4 Å². The van der Waals surface area contributed by atoms with Gasteiger partial charge in [-0.05, 0) is 60.2 Å². The highest BCUT2D eigenvalue weighted by molar-refractivity contribution is 7.99. The van der Waals surface area contributed by atoms with E-state index in [4.69, 9.17) is 11.6 Å². The molecule has 0 N–H and O–H groups in total. The van der Waals surface area contributed by atoms with Crippen molar-refractivity contribution >= 4 is 34.1 Å². The van der Waals surface area contributed by atoms with Gasteiger partial charge in [-0.2, -0.15) is 0 Å². The predicted octanol–water partition coefficient (Wildman–Crippen LogP) is 5.31. The van der Waals surface area contributed by atoms with Crippen molar-refractivity contribution in [3.8, 4) is 0 Å². The zero-order valence-electron chi connectivity index (χ0n) is 12.1. The van der Waals surface area contributed by atoms with E-state index < -0.39 is 0 Å². The summed E-state index contributed by atoms with van der Waals surface area (Å²) in [7, 11) is 0. The number of fused-ring (bicyclic) bond motifs is 2. The van der Waals surface area contributed by atoms with Crippen molar-refractivity contribution in [1.29, 1.82) is 0 Å². The van der Waals surface area contributed by atoms with Crippen LogP contribution in [0.1, 0.15) is 24.1 Å². The average molecular weight is 327 g/mol. The van der Waals surface area contributed by atoms with Gasteiger partial charge in [-0.15, -0.1) is 0 Å². The summed E-state index contributed by atoms with van der Waals surface area (Å²) in [5.74, 6) is 0. The van der Waals surface area contributed by atoms with Gasteiger partial charge in [0, 0.05) is 16.2 Å². The van der Waals surface area contributed by atoms with Crippen LogP contribution in [0.25, 0.3) is 10.8 Å². The molecule has 0 saturated carbocycles. The Balaban J connectivity index is 1.74. The van der Waals surface area contributed by atoms with E-state index in [0.29, 0.717) is 5.28 Å². The fourth-order valence-electron chi connectivity index (χ4n) is 2.96. The van der Waals surface area contributed by atoms with Crippen LogP contribution in [-0.4, -0.2) is 9.97 Å². The lowest BCUT2D eigenvalue weighted by Crippen LogP contribution is -2.08. The minimum Gasteiger partial charge on any atom is -0.223 e. The second-order valence-corrected chi connectivity index (χ2v) is 6.94. The van der Waals surface area contributed by atoms with Crippen molar-refractivity contribution < 1.29 is 0 Å². The molecule has 0 saturated heterocycles. The summed E-state index contributed by atoms with van der Waals surface area (Å²) in [6, 6.07) is 14.9. The molecule has 4 rings (SSSR count). The minimum atomic E-state index is 0.365. The fourth-order valence-corrected chi connectivity index (χ4v) is 4.21. The number of aryl methyl sites for hydroxylation is 1. The summed E-state index contributed by atoms with van der Waals surface area (Å²) in [4.78, 5) is 10.1. The Morgan fingerprint density at radius 1 is 0.909 bits per heavy atom. The van der Waals surface area contributed by atoms with Gasteiger partial charge in [0.05, 0.1) is 0 Å². The largest absolute Gasteiger partial charge is 0.223 e. The molecule has 1 aliphatic rings. The summed E-state index contributed by atoms with van der Waals surface area (Å²) in [5.41, 5.74) is 2.42. The predicted molar refractivity (Wildman–Crippen MR) is 91.8 cm³/mol. The lowest BCUT2D eigenvalue weighted by molar-refractivity contribution is 0.646. The normalized spacial score (nSPS) is 14.0. The lowest BCUT2D eigenvalue weighted by atomic mass is 9.98. The smallest absolute Gasteiger partial charge is 0.223 e. The number of hydrogen-bond donors (Lipinski definition) is 0. The molecule has 0 bridgehead atoms. The van der Waals surface area contributed by atoms with Crippen LogP contribution in [0.3, 0.4) is 0 Å². The molecule has 0 atom stereocenters. The van der Waals surface area contributed by atoms with Gasteiger partial charge in [0.15, 0.2) is 0 Å². The van der Waals surface area contributed by atoms with Crippen molar-refractivity contribution in [1.82, 2.24) is 9.97 Å². The zero-order chi connectivity index (χ0) is 14.9. The van der Waals surface area contributed by atoms with Gasteiger partial charge in [0.25, 0.3) is 0 Å². The number of benzene rings is 2. The molecule has 3 aromatic rings. The number of rotatable bonds is 2. The lowest BCUT2D eigenvalue weighted by Gasteiger charge is -2.17. The molecule has 0 radical (unpaired) electrons. The van der Waals surface area contributed by atoms with Crippen molar-refractivity contribution in [2.24, 2.45) is 0 Å². The molecule has 1 heterocycles. The maximum Gasteiger partial charge on any atom is 0.223 e. The Morgan fingerprint density at radius 2 is 1.73 bits per heavy atom. The van der Waals surface area contributed by atoms with Crippen LogP contribution in [0, 0.1) is 0 Å². The highest BCUT2D eigenvalue weighted by Gasteiger charge is 2.18. The van der Waals surface area contributed by atoms with Gasteiger partial charge in [-0.25, -0.2) is 9.97 Å². The van der Waals surface area contributed by atoms with E-state index in [-0.39, 0.29) is 0 Å². The topological polar surface area (TPSA) is 25.8 Å². The van der Waals surface area contributed by atoms with Gasteiger partial charge in [0.2, 0.25) is 5.28 Å². The quantitative estimate of drug-likeness (QED) is 0.471. The van der Waals surface area contributed by atoms with Gasteiger partial charge in [-0.1, -0.05) is 42.1 Å². The number of hydrogen-bond acceptors (Lipinski definition) is 3. The third-order valence-electron chi connectivity index (χ3n) is 4.05. The Labute approximate surface area is 138 Å². The molecule has 2 nitrogen and oxygen atoms in total. The van der Waals surface area contributed by atoms with E-state index in [2.05, 4.69) is 52.4 Å². The van der Waals surface area contributed by atoms with E-state index in [1.165, 1.54) is 34.1 Å². The third-order valence-corrected chi connectivity index (χ3v) is 5.24. The van der Waals surface area contributed by atoms with Crippen molar-refractivity contribution in [2.45, 2.75) is 35.6 Å². The summed E-state index contributed by atoms with van der Waals surface area (Å²) in [6.07, 6.45) is 4.48. The van der Waals surface area contributed by atoms with Crippen LogP contribution < -0.4 is 0 Å². The van der Waals surface area contributed by atoms with Crippen LogP contribution in [0.5, 0.6) is 0 Å². The highest BCUT2D eigenvalue weighted by Crippen LogP contribution is 2.35. The zero-order valence-corrected chi connectivity index (χ0v) is 13.6. The van der Waals surface area contributed by atoms with E-state index in [1.807, 2.05) is 0 Å². The monoisotopic (exact) mass is 326 g/mol. The molecule has 4 heteroatoms. The van der Waals surface area contributed by atoms with Crippen molar-refractivity contribution in [3.63, 3.8) is 0 Å². The first-order valence-corrected chi connectivity index (χ1v) is 8.71. The Morgan fingerprint density at radius 3 is 2.64 bits per heavy atom. The fraction of sp³-hybridized carbons (Fsp3) is 0.222. The summed E-state index contributed by atoms with van der Waals surface area (Å²) in [6.45, 7) is 0. The van der Waals surface area contributed by atoms with E-state index in [1.54, 1.807) is 11.8 Å². The first-order chi connectivity index (χ1) is 10.8. The molecule has 0 fully saturated rings. The van der Waals surface area contributed by atoms with Crippen molar-refractivity contribution in [2.75, 3.05) is 0 Å². The average Bonchev–Trinajstić information content (AvgIpc) is 2.54. The summed E-state index contributed by atoms with van der Waals surface area (Å²) >= 11 is 7.80. The second kappa shape index (κ2) is 5.90. The third kappa shape index (κ3) is 2.71. The van der Waals surface area contributed by atoms with Gasteiger partial charge >= 0.3 is 0 Å². The minimum absolute atomic E-state index is 0.365. The number of nitrogens with zero attached hydrogens (tertiary/aromatic N) is 2. The van der Waals surface area contributed by atoms with Crippen LogP contribution in [0.15, 0.2) is 52.4 Å². The summed E-state index contributed by atoms with van der Waals surface area (Å²) in [5, 5.41) is 3.89. The SMILES string of the molecule is Clc1nc2c(c(Sc3ccc4ccccc4c3)n1)CCCC2. The number of halogens is 1. The highest BCUT2D eigenvalue weighted by atomic mass is 35.5. The maximum absolute atomic E-state index is 6.11. The molecule has 110 valence electrons. The Bertz CT molecular complexity index is 848. The van der Waals surface area contributed by atoms with Crippen LogP contribution in [0.2, 0.25) is 5.28 Å². The number of aromatic nitrogens is 2. The van der Waals surface area contributed by atoms with Gasteiger partial charge < -0.3 is 0 Å². The van der Waals surface area contributed by atoms with Crippen molar-refractivity contribution in [3.05, 3.63) is 59.0 Å². The second-order valence-electron chi connectivity index (χ2n) is 5.54. The molecule has 0 unspecified atom stereocenters. The molecule has 0 aliphatic heterocycles. The molecule has 0 amide bonds. The molecule has 2 aromatic carbocycles. The molecular weight excluding hydrogens is 312 g/mol. The molecule has 1 aromatic heterocycles. The van der Waals surface area contributed by atoms with Gasteiger partial charge in [0.1, 0.15) is 5.03 Å². The first-order valence-electron chi connectivity index (χ1n) is 7.51. The molecule has 1 aliphatic carbocycles. The van der Waals surface area contributed by atoms with Gasteiger partial charge in [-0.3, -0.25) is 0 Å². The molecule has 0 spiro atoms. The standard InChI is InChI=1S/C18H15ClN2S/c19-18-20-16-8-4-3-7-15(16)17(21-18)22-14-10-9-12-5-1-2-6-13(12)11-14/h1-2,5-6,9-11H,3-4,7-8H2. The Kier molecular flexibility index (Phi) is 3.77. The van der Waals surface area contributed by atoms with Crippen LogP contribution in [-0.2, 0) is 12.8 Å². The first kappa shape index (κ1) is 14.0. The Hall–Kier alpha value is -1.58. The van der Waals surface area contributed by atoms with E-state index >= 15 is 0 Å². The summed E-state index contributed by atoms with van der Waals surface area (Å²) < 4.78 is 0. The molecular formula is C18H15ClN2S. The maximum atomic E-state index is 6.11. The molecule has 22 heavy (non-hydrogen) atoms.